The maximum Gasteiger partial charge on any atom is 0.249 e. The maximum absolute atomic E-state index is 12.8. The number of aromatic amines is 1. The third-order valence-corrected chi connectivity index (χ3v) is 6.97. The van der Waals surface area contributed by atoms with Gasteiger partial charge in [0.05, 0.1) is 14.2 Å². The molecular formula is C18H23N7O4S. The Bertz CT molecular complexity index is 967. The third-order valence-electron chi connectivity index (χ3n) is 5.39. The first-order valence-electron chi connectivity index (χ1n) is 9.29. The molecule has 0 radical (unpaired) electrons. The summed E-state index contributed by atoms with van der Waals surface area (Å²) in [5.74, 6) is 0.827. The summed E-state index contributed by atoms with van der Waals surface area (Å²) >= 11 is 1.59. The molecule has 30 heavy (non-hydrogen) atoms. The van der Waals surface area contributed by atoms with Gasteiger partial charge in [-0.25, -0.2) is 0 Å². The summed E-state index contributed by atoms with van der Waals surface area (Å²) < 4.78 is 10.1. The number of tetrazole rings is 1. The van der Waals surface area contributed by atoms with Crippen LogP contribution in [0.25, 0.3) is 0 Å². The van der Waals surface area contributed by atoms with Crippen molar-refractivity contribution in [2.24, 2.45) is 5.73 Å². The number of carbonyl (C=O) groups excluding carboxylic acids is 2. The number of amides is 2. The van der Waals surface area contributed by atoms with E-state index < -0.39 is 18.0 Å². The highest BCUT2D eigenvalue weighted by atomic mass is 32.2. The van der Waals surface area contributed by atoms with E-state index in [4.69, 9.17) is 15.2 Å². The standard InChI is InChI=1S/C18H23N7O4S/c1-18(2)13(14-21-23-24-22-14)25-16(27)12(17(25)30-18)20-15(26)11(19)8-5-6-9(28-3)10(7-8)29-4/h5-7,11-13,17H,19H2,1-4H3,(H,20,26)(H,21,22,23,24)/t11?,12?,13?,17-/m1/s1. The molecule has 4 atom stereocenters. The number of nitrogens with one attached hydrogen (secondary N) is 2. The van der Waals surface area contributed by atoms with Gasteiger partial charge in [0.15, 0.2) is 17.3 Å². The number of ether oxygens (including phenoxy) is 2. The van der Waals surface area contributed by atoms with Gasteiger partial charge in [-0.3, -0.25) is 9.59 Å². The number of fused-ring (bicyclic) bond motifs is 1. The van der Waals surface area contributed by atoms with E-state index in [9.17, 15) is 9.59 Å². The van der Waals surface area contributed by atoms with Crippen molar-refractivity contribution in [1.29, 1.82) is 0 Å². The Kier molecular flexibility index (Phi) is 5.06. The largest absolute Gasteiger partial charge is 0.493 e. The zero-order valence-corrected chi connectivity index (χ0v) is 17.8. The van der Waals surface area contributed by atoms with Gasteiger partial charge in [0.2, 0.25) is 11.8 Å². The van der Waals surface area contributed by atoms with Crippen molar-refractivity contribution in [2.45, 2.75) is 42.1 Å². The van der Waals surface area contributed by atoms with Crippen molar-refractivity contribution < 1.29 is 19.1 Å². The lowest BCUT2D eigenvalue weighted by atomic mass is 9.95. The minimum Gasteiger partial charge on any atom is -0.493 e. The molecular weight excluding hydrogens is 410 g/mol. The van der Waals surface area contributed by atoms with E-state index in [0.717, 1.165) is 0 Å². The van der Waals surface area contributed by atoms with E-state index in [2.05, 4.69) is 25.9 Å². The first-order valence-corrected chi connectivity index (χ1v) is 10.2. The smallest absolute Gasteiger partial charge is 0.249 e. The van der Waals surface area contributed by atoms with Gasteiger partial charge in [-0.15, -0.1) is 22.0 Å². The average Bonchev–Trinajstić information content (AvgIpc) is 3.34. The normalized spacial score (nSPS) is 25.3. The lowest BCUT2D eigenvalue weighted by Crippen LogP contribution is -2.68. The fourth-order valence-corrected chi connectivity index (χ4v) is 5.52. The highest BCUT2D eigenvalue weighted by Crippen LogP contribution is 2.56. The van der Waals surface area contributed by atoms with Gasteiger partial charge in [0, 0.05) is 4.75 Å². The minimum absolute atomic E-state index is 0.194. The van der Waals surface area contributed by atoms with Crippen molar-refractivity contribution in [3.05, 3.63) is 29.6 Å². The second-order valence-corrected chi connectivity index (χ2v) is 9.38. The van der Waals surface area contributed by atoms with Crippen molar-refractivity contribution >= 4 is 23.6 Å². The van der Waals surface area contributed by atoms with Crippen LogP contribution in [0.3, 0.4) is 0 Å². The number of thioether (sulfide) groups is 1. The molecule has 12 heteroatoms. The summed E-state index contributed by atoms with van der Waals surface area (Å²) in [5, 5.41) is 16.7. The first-order chi connectivity index (χ1) is 14.3. The molecule has 2 aliphatic heterocycles. The molecule has 2 aliphatic rings. The molecule has 0 aliphatic carbocycles. The topological polar surface area (TPSA) is 148 Å². The molecule has 0 bridgehead atoms. The van der Waals surface area contributed by atoms with Gasteiger partial charge in [0.25, 0.3) is 0 Å². The fourth-order valence-electron chi connectivity index (χ4n) is 3.89. The van der Waals surface area contributed by atoms with E-state index in [-0.39, 0.29) is 22.1 Å². The van der Waals surface area contributed by atoms with Crippen LogP contribution in [0, 0.1) is 0 Å². The number of H-pyrrole nitrogens is 1. The van der Waals surface area contributed by atoms with Crippen LogP contribution in [0.4, 0.5) is 0 Å². The molecule has 160 valence electrons. The Morgan fingerprint density at radius 2 is 2.07 bits per heavy atom. The van der Waals surface area contributed by atoms with E-state index in [1.165, 1.54) is 14.2 Å². The molecule has 3 heterocycles. The zero-order chi connectivity index (χ0) is 21.6. The minimum atomic E-state index is -0.959. The Balaban J connectivity index is 1.48. The third kappa shape index (κ3) is 3.16. The predicted octanol–water partition coefficient (Wildman–Crippen LogP) is 0.137. The molecule has 1 aromatic carbocycles. The lowest BCUT2D eigenvalue weighted by molar-refractivity contribution is -0.152. The summed E-state index contributed by atoms with van der Waals surface area (Å²) in [6.45, 7) is 4.02. The summed E-state index contributed by atoms with van der Waals surface area (Å²) in [6.07, 6.45) is 0. The van der Waals surface area contributed by atoms with E-state index in [0.29, 0.717) is 22.9 Å². The molecule has 2 fully saturated rings. The van der Waals surface area contributed by atoms with Crippen LogP contribution in [0.5, 0.6) is 11.5 Å². The molecule has 4 N–H and O–H groups in total. The second kappa shape index (κ2) is 7.43. The van der Waals surface area contributed by atoms with Crippen LogP contribution in [-0.2, 0) is 9.59 Å². The molecule has 0 spiro atoms. The molecule has 2 aromatic rings. The molecule has 0 saturated carbocycles. The summed E-state index contributed by atoms with van der Waals surface area (Å²) in [5.41, 5.74) is 6.70. The quantitative estimate of drug-likeness (QED) is 0.541. The number of β-lactam (4-membered cyclic amide) rings is 1. The zero-order valence-electron chi connectivity index (χ0n) is 16.9. The number of hydrogen-bond donors (Lipinski definition) is 3. The van der Waals surface area contributed by atoms with Crippen molar-refractivity contribution in [3.8, 4) is 11.5 Å². The van der Waals surface area contributed by atoms with Gasteiger partial charge in [-0.1, -0.05) is 11.3 Å². The van der Waals surface area contributed by atoms with Gasteiger partial charge in [0.1, 0.15) is 23.5 Å². The molecule has 11 nitrogen and oxygen atoms in total. The van der Waals surface area contributed by atoms with Crippen LogP contribution < -0.4 is 20.5 Å². The Morgan fingerprint density at radius 3 is 2.70 bits per heavy atom. The summed E-state index contributed by atoms with van der Waals surface area (Å²) in [6, 6.07) is 3.08. The Morgan fingerprint density at radius 1 is 1.33 bits per heavy atom. The fraction of sp³-hybridized carbons (Fsp3) is 0.500. The number of carbonyl (C=O) groups is 2. The van der Waals surface area contributed by atoms with Crippen LogP contribution in [0.15, 0.2) is 18.2 Å². The lowest BCUT2D eigenvalue weighted by Gasteiger charge is -2.44. The SMILES string of the molecule is COc1ccc(C(N)C(=O)NC2C(=O)N3C(c4nn[nH]n4)C(C)(C)S[C@H]23)cc1OC. The second-order valence-electron chi connectivity index (χ2n) is 7.61. The van der Waals surface area contributed by atoms with Crippen molar-refractivity contribution in [2.75, 3.05) is 14.2 Å². The van der Waals surface area contributed by atoms with E-state index in [1.54, 1.807) is 34.9 Å². The monoisotopic (exact) mass is 433 g/mol. The van der Waals surface area contributed by atoms with Crippen molar-refractivity contribution in [1.82, 2.24) is 30.8 Å². The number of methoxy groups -OCH3 is 2. The predicted molar refractivity (Wildman–Crippen MR) is 108 cm³/mol. The first kappa shape index (κ1) is 20.4. The Hall–Kier alpha value is -2.86. The van der Waals surface area contributed by atoms with Crippen LogP contribution in [0.2, 0.25) is 0 Å². The highest BCUT2D eigenvalue weighted by Gasteiger charge is 2.63. The van der Waals surface area contributed by atoms with E-state index >= 15 is 0 Å². The number of nitrogens with zero attached hydrogens (tertiary/aromatic N) is 4. The van der Waals surface area contributed by atoms with Gasteiger partial charge >= 0.3 is 0 Å². The maximum atomic E-state index is 12.8. The number of hydrogen-bond acceptors (Lipinski definition) is 9. The number of rotatable bonds is 6. The molecule has 3 unspecified atom stereocenters. The summed E-state index contributed by atoms with van der Waals surface area (Å²) in [7, 11) is 3.04. The number of nitrogens with two attached hydrogens (primary N) is 1. The number of aromatic nitrogens is 4. The molecule has 4 rings (SSSR count). The summed E-state index contributed by atoms with van der Waals surface area (Å²) in [4.78, 5) is 27.3. The van der Waals surface area contributed by atoms with Gasteiger partial charge < -0.3 is 25.4 Å². The van der Waals surface area contributed by atoms with E-state index in [1.807, 2.05) is 13.8 Å². The van der Waals surface area contributed by atoms with Crippen LogP contribution in [0.1, 0.15) is 37.3 Å². The highest BCUT2D eigenvalue weighted by molar-refractivity contribution is 8.01. The Labute approximate surface area is 177 Å². The average molecular weight is 433 g/mol. The molecule has 1 aromatic heterocycles. The molecule has 2 saturated heterocycles. The molecule has 2 amide bonds. The van der Waals surface area contributed by atoms with Crippen LogP contribution in [-0.4, -0.2) is 67.7 Å². The van der Waals surface area contributed by atoms with Gasteiger partial charge in [-0.2, -0.15) is 5.21 Å². The van der Waals surface area contributed by atoms with Crippen LogP contribution >= 0.6 is 11.8 Å². The number of benzene rings is 1. The van der Waals surface area contributed by atoms with Gasteiger partial charge in [-0.05, 0) is 31.5 Å². The van der Waals surface area contributed by atoms with Crippen molar-refractivity contribution in [3.63, 3.8) is 0 Å².